The van der Waals surface area contributed by atoms with Gasteiger partial charge >= 0.3 is 6.18 Å². The molecular formula is C22H23F4N7O. The monoisotopic (exact) mass is 477 g/mol. The van der Waals surface area contributed by atoms with E-state index in [1.807, 2.05) is 6.92 Å². The summed E-state index contributed by atoms with van der Waals surface area (Å²) in [6, 6.07) is 2.80. The quantitative estimate of drug-likeness (QED) is 0.562. The lowest BCUT2D eigenvalue weighted by molar-refractivity contribution is -0.138. The molecule has 3 heterocycles. The number of aromatic nitrogens is 5. The summed E-state index contributed by atoms with van der Waals surface area (Å²) in [6.45, 7) is 4.15. The van der Waals surface area contributed by atoms with Crippen LogP contribution in [0.4, 0.5) is 23.5 Å². The van der Waals surface area contributed by atoms with Gasteiger partial charge in [0.2, 0.25) is 5.95 Å². The number of carbonyl (C=O) groups excluding carboxylic acids is 1. The third-order valence-electron chi connectivity index (χ3n) is 5.99. The molecule has 2 atom stereocenters. The van der Waals surface area contributed by atoms with Gasteiger partial charge in [-0.1, -0.05) is 13.0 Å². The molecule has 1 amide bonds. The van der Waals surface area contributed by atoms with E-state index < -0.39 is 23.5 Å². The number of aryl methyl sites for hydroxylation is 1. The third kappa shape index (κ3) is 4.70. The van der Waals surface area contributed by atoms with Gasteiger partial charge in [-0.15, -0.1) is 0 Å². The summed E-state index contributed by atoms with van der Waals surface area (Å²) in [5, 5.41) is 11.0. The zero-order chi connectivity index (χ0) is 24.5. The number of rotatable bonds is 5. The van der Waals surface area contributed by atoms with Crippen molar-refractivity contribution >= 4 is 11.9 Å². The van der Waals surface area contributed by atoms with Crippen LogP contribution >= 0.6 is 0 Å². The molecule has 1 aliphatic rings. The van der Waals surface area contributed by atoms with Crippen LogP contribution in [0.15, 0.2) is 36.9 Å². The van der Waals surface area contributed by atoms with E-state index in [1.54, 1.807) is 24.0 Å². The van der Waals surface area contributed by atoms with Crippen molar-refractivity contribution in [1.82, 2.24) is 29.9 Å². The second-order valence-electron chi connectivity index (χ2n) is 8.27. The fourth-order valence-corrected chi connectivity index (χ4v) is 4.10. The molecule has 12 heteroatoms. The van der Waals surface area contributed by atoms with Crippen molar-refractivity contribution in [2.45, 2.75) is 38.9 Å². The highest BCUT2D eigenvalue weighted by molar-refractivity contribution is 5.98. The van der Waals surface area contributed by atoms with E-state index in [2.05, 4.69) is 25.5 Å². The number of carbonyl (C=O) groups is 1. The van der Waals surface area contributed by atoms with Gasteiger partial charge in [-0.3, -0.25) is 4.79 Å². The fourth-order valence-electron chi connectivity index (χ4n) is 4.10. The lowest BCUT2D eigenvalue weighted by Crippen LogP contribution is -2.51. The molecule has 3 aromatic rings. The Kier molecular flexibility index (Phi) is 6.49. The summed E-state index contributed by atoms with van der Waals surface area (Å²) in [5.41, 5.74) is -0.525. The van der Waals surface area contributed by atoms with Crippen LogP contribution in [0, 0.1) is 18.7 Å². The summed E-state index contributed by atoms with van der Waals surface area (Å²) >= 11 is 0. The minimum atomic E-state index is -4.53. The SMILES string of the molecule is Cc1ccc(-n2nccn2)c(C(=O)N2CCC[C@@H](C)C2CNc2ncc(C(F)(F)F)cn2)c1F. The largest absolute Gasteiger partial charge is 0.419 e. The molecule has 2 aromatic heterocycles. The van der Waals surface area contributed by atoms with Gasteiger partial charge in [-0.05, 0) is 37.3 Å². The Bertz CT molecular complexity index is 1150. The smallest absolute Gasteiger partial charge is 0.352 e. The van der Waals surface area contributed by atoms with Gasteiger partial charge < -0.3 is 10.2 Å². The third-order valence-corrected chi connectivity index (χ3v) is 5.99. The molecule has 180 valence electrons. The number of amides is 1. The molecule has 8 nitrogen and oxygen atoms in total. The highest BCUT2D eigenvalue weighted by Crippen LogP contribution is 2.30. The number of anilines is 1. The average molecular weight is 477 g/mol. The minimum Gasteiger partial charge on any atom is -0.352 e. The van der Waals surface area contributed by atoms with Crippen molar-refractivity contribution in [3.05, 3.63) is 59.4 Å². The molecule has 1 saturated heterocycles. The molecule has 1 aromatic carbocycles. The van der Waals surface area contributed by atoms with Crippen LogP contribution in [0.3, 0.4) is 0 Å². The number of halogens is 4. The standard InChI is InChI=1S/C22H23F4N7O/c1-13-4-3-9-32(17(13)12-29-21-27-10-15(11-28-21)22(24,25)26)20(34)18-16(33-30-7-8-31-33)6-5-14(2)19(18)23/h5-8,10-11,13,17H,3-4,9,12H2,1-2H3,(H,27,28,29)/t13-,17?/m1/s1. The summed E-state index contributed by atoms with van der Waals surface area (Å²) in [7, 11) is 0. The van der Waals surface area contributed by atoms with Gasteiger partial charge in [0.25, 0.3) is 5.91 Å². The number of likely N-dealkylation sites (tertiary alicyclic amines) is 1. The number of alkyl halides is 3. The summed E-state index contributed by atoms with van der Waals surface area (Å²) in [5.74, 6) is -1.07. The molecule has 0 aliphatic carbocycles. The molecule has 4 rings (SSSR count). The summed E-state index contributed by atoms with van der Waals surface area (Å²) in [4.78, 5) is 23.9. The van der Waals surface area contributed by atoms with Gasteiger partial charge in [0.15, 0.2) is 0 Å². The Hall–Kier alpha value is -3.57. The van der Waals surface area contributed by atoms with Crippen LogP contribution in [0.25, 0.3) is 5.69 Å². The van der Waals surface area contributed by atoms with Gasteiger partial charge in [0.05, 0.1) is 24.0 Å². The van der Waals surface area contributed by atoms with Gasteiger partial charge in [-0.2, -0.15) is 28.2 Å². The minimum absolute atomic E-state index is 0.0151. The van der Waals surface area contributed by atoms with Crippen LogP contribution < -0.4 is 5.32 Å². The first-order valence-electron chi connectivity index (χ1n) is 10.8. The van der Waals surface area contributed by atoms with Crippen LogP contribution in [-0.2, 0) is 6.18 Å². The molecular weight excluding hydrogens is 454 g/mol. The Labute approximate surface area is 193 Å². The lowest BCUT2D eigenvalue weighted by Gasteiger charge is -2.40. The lowest BCUT2D eigenvalue weighted by atomic mass is 9.89. The van der Waals surface area contributed by atoms with Crippen molar-refractivity contribution < 1.29 is 22.4 Å². The first-order valence-corrected chi connectivity index (χ1v) is 10.8. The van der Waals surface area contributed by atoms with Crippen molar-refractivity contribution in [3.63, 3.8) is 0 Å². The van der Waals surface area contributed by atoms with E-state index in [-0.39, 0.29) is 35.7 Å². The molecule has 1 N–H and O–H groups in total. The predicted molar refractivity (Wildman–Crippen MR) is 115 cm³/mol. The highest BCUT2D eigenvalue weighted by Gasteiger charge is 2.35. The Morgan fingerprint density at radius 1 is 1.18 bits per heavy atom. The molecule has 1 fully saturated rings. The molecule has 0 spiro atoms. The topological polar surface area (TPSA) is 88.8 Å². The van der Waals surface area contributed by atoms with E-state index in [9.17, 15) is 18.0 Å². The molecule has 0 radical (unpaired) electrons. The zero-order valence-corrected chi connectivity index (χ0v) is 18.6. The maximum absolute atomic E-state index is 15.2. The molecule has 0 saturated carbocycles. The van der Waals surface area contributed by atoms with Crippen molar-refractivity contribution in [1.29, 1.82) is 0 Å². The van der Waals surface area contributed by atoms with Crippen LogP contribution in [0.5, 0.6) is 0 Å². The molecule has 1 unspecified atom stereocenters. The summed E-state index contributed by atoms with van der Waals surface area (Å²) < 4.78 is 53.5. The number of hydrogen-bond acceptors (Lipinski definition) is 6. The summed E-state index contributed by atoms with van der Waals surface area (Å²) in [6.07, 6.45) is 1.33. The second kappa shape index (κ2) is 9.35. The Morgan fingerprint density at radius 3 is 2.50 bits per heavy atom. The van der Waals surface area contributed by atoms with Crippen molar-refractivity contribution in [2.24, 2.45) is 5.92 Å². The molecule has 1 aliphatic heterocycles. The molecule has 0 bridgehead atoms. The number of hydrogen-bond donors (Lipinski definition) is 1. The van der Waals surface area contributed by atoms with Gasteiger partial charge in [0.1, 0.15) is 17.1 Å². The van der Waals surface area contributed by atoms with Crippen LogP contribution in [-0.4, -0.2) is 54.9 Å². The number of piperidine rings is 1. The fraction of sp³-hybridized carbons (Fsp3) is 0.409. The first kappa shape index (κ1) is 23.6. The number of nitrogens with one attached hydrogen (secondary N) is 1. The van der Waals surface area contributed by atoms with Crippen molar-refractivity contribution in [2.75, 3.05) is 18.4 Å². The van der Waals surface area contributed by atoms with E-state index in [1.165, 1.54) is 17.2 Å². The highest BCUT2D eigenvalue weighted by atomic mass is 19.4. The first-order chi connectivity index (χ1) is 16.2. The average Bonchev–Trinajstić information content (AvgIpc) is 3.34. The van der Waals surface area contributed by atoms with Crippen LogP contribution in [0.1, 0.15) is 41.3 Å². The van der Waals surface area contributed by atoms with Crippen molar-refractivity contribution in [3.8, 4) is 5.69 Å². The molecule has 34 heavy (non-hydrogen) atoms. The van der Waals surface area contributed by atoms with Gasteiger partial charge in [-0.25, -0.2) is 14.4 Å². The van der Waals surface area contributed by atoms with E-state index in [0.717, 1.165) is 12.8 Å². The maximum atomic E-state index is 15.2. The van der Waals surface area contributed by atoms with Gasteiger partial charge in [0, 0.05) is 25.5 Å². The Morgan fingerprint density at radius 2 is 1.85 bits per heavy atom. The normalized spacial score (nSPS) is 18.7. The predicted octanol–water partition coefficient (Wildman–Crippen LogP) is 3.88. The van der Waals surface area contributed by atoms with E-state index in [4.69, 9.17) is 0 Å². The maximum Gasteiger partial charge on any atom is 0.419 e. The second-order valence-corrected chi connectivity index (χ2v) is 8.27. The Balaban J connectivity index is 1.59. The number of benzene rings is 1. The van der Waals surface area contributed by atoms with Crippen LogP contribution in [0.2, 0.25) is 0 Å². The van der Waals surface area contributed by atoms with E-state index in [0.29, 0.717) is 24.5 Å². The van der Waals surface area contributed by atoms with E-state index >= 15 is 4.39 Å². The number of nitrogens with zero attached hydrogens (tertiary/aromatic N) is 6. The zero-order valence-electron chi connectivity index (χ0n) is 18.6.